The Labute approximate surface area is 206 Å². The summed E-state index contributed by atoms with van der Waals surface area (Å²) in [4.78, 5) is 9.33. The molecule has 3 aromatic rings. The lowest BCUT2D eigenvalue weighted by atomic mass is 10.0. The molecule has 0 amide bonds. The summed E-state index contributed by atoms with van der Waals surface area (Å²) in [5.74, 6) is 1.90. The maximum Gasteiger partial charge on any atom is 0.0794 e. The molecule has 3 rings (SSSR count). The van der Waals surface area contributed by atoms with Crippen molar-refractivity contribution in [2.24, 2.45) is 0 Å². The van der Waals surface area contributed by atoms with E-state index >= 15 is 0 Å². The van der Waals surface area contributed by atoms with Gasteiger partial charge in [-0.05, 0) is 34.9 Å². The van der Waals surface area contributed by atoms with Crippen LogP contribution in [0.3, 0.4) is 0 Å². The van der Waals surface area contributed by atoms with Gasteiger partial charge in [0, 0.05) is 23.5 Å². The van der Waals surface area contributed by atoms with Crippen LogP contribution in [0.25, 0.3) is 0 Å². The third-order valence-corrected chi connectivity index (χ3v) is 4.91. The second-order valence-corrected chi connectivity index (χ2v) is 7.98. The molecule has 1 aromatic carbocycles. The number of hydrogen-bond acceptors (Lipinski definition) is 3. The summed E-state index contributed by atoms with van der Waals surface area (Å²) in [5, 5.41) is 0. The highest BCUT2D eigenvalue weighted by molar-refractivity contribution is 7.09. The molecule has 0 aliphatic carbocycles. The van der Waals surface area contributed by atoms with Gasteiger partial charge >= 0.3 is 0 Å². The molecule has 2 aromatic heterocycles. The van der Waals surface area contributed by atoms with Crippen LogP contribution in [0.15, 0.2) is 66.6 Å². The van der Waals surface area contributed by atoms with Crippen molar-refractivity contribution in [1.29, 1.82) is 0 Å². The molecule has 0 atom stereocenters. The van der Waals surface area contributed by atoms with Crippen molar-refractivity contribution in [3.8, 4) is 0 Å². The second-order valence-electron chi connectivity index (χ2n) is 7.06. The summed E-state index contributed by atoms with van der Waals surface area (Å²) in [7, 11) is 13.5. The molecule has 0 bridgehead atoms. The minimum absolute atomic E-state index is 0.596. The van der Waals surface area contributed by atoms with E-state index in [9.17, 15) is 0 Å². The van der Waals surface area contributed by atoms with Crippen molar-refractivity contribution in [1.82, 2.24) is 9.97 Å². The van der Waals surface area contributed by atoms with E-state index in [2.05, 4.69) is 105 Å². The molecule has 0 saturated heterocycles. The number of rotatable bonds is 3. The maximum atomic E-state index is 4.50. The van der Waals surface area contributed by atoms with E-state index in [0.29, 0.717) is 17.8 Å². The largest absolute Gasteiger partial charge is 0.264 e. The Balaban J connectivity index is -0.000000353. The number of hydrogen-bond donors (Lipinski definition) is 0. The first-order chi connectivity index (χ1) is 15.4. The van der Waals surface area contributed by atoms with Gasteiger partial charge < -0.3 is 0 Å². The Bertz CT molecular complexity index is 646. The third-order valence-electron chi connectivity index (χ3n) is 3.84. The molecule has 2 heterocycles. The molecule has 0 fully saturated rings. The lowest BCUT2D eigenvalue weighted by molar-refractivity contribution is 0.858. The topological polar surface area (TPSA) is 25.8 Å². The van der Waals surface area contributed by atoms with E-state index in [1.807, 2.05) is 30.0 Å². The zero-order valence-corrected chi connectivity index (χ0v) is 22.4. The monoisotopic (exact) mass is 446 g/mol. The summed E-state index contributed by atoms with van der Waals surface area (Å²) in [5.41, 5.74) is 4.59. The summed E-state index contributed by atoms with van der Waals surface area (Å²) in [6.45, 7) is 17.6. The molecule has 0 N–H and O–H groups in total. The van der Waals surface area contributed by atoms with E-state index in [4.69, 9.17) is 0 Å². The number of pyridine rings is 1. The lowest BCUT2D eigenvalue weighted by Crippen LogP contribution is -1.85. The van der Waals surface area contributed by atoms with Crippen molar-refractivity contribution in [3.05, 3.63) is 82.6 Å². The van der Waals surface area contributed by atoms with E-state index in [1.54, 1.807) is 17.5 Å². The van der Waals surface area contributed by atoms with Crippen molar-refractivity contribution >= 4 is 34.9 Å². The first kappa shape index (κ1) is 34.8. The van der Waals surface area contributed by atoms with Gasteiger partial charge in [-0.3, -0.25) is 9.97 Å². The highest BCUT2D eigenvalue weighted by atomic mass is 32.1. The fourth-order valence-electron chi connectivity index (χ4n) is 2.07. The quantitative estimate of drug-likeness (QED) is 0.383. The molecule has 6 radical (unpaired) electrons. The van der Waals surface area contributed by atoms with Gasteiger partial charge in [0.05, 0.1) is 29.0 Å². The average Bonchev–Trinajstić information content (AvgIpc) is 3.41. The normalized spacial score (nSPS) is 8.75. The first-order valence-corrected chi connectivity index (χ1v) is 11.9. The summed E-state index contributed by atoms with van der Waals surface area (Å²) >= 11 is 1.72. The van der Waals surface area contributed by atoms with Gasteiger partial charge in [0.25, 0.3) is 0 Å². The minimum atomic E-state index is 0.596. The molecule has 0 saturated carbocycles. The van der Waals surface area contributed by atoms with Crippen LogP contribution in [0.1, 0.15) is 75.3 Å². The number of thiazole rings is 1. The van der Waals surface area contributed by atoms with Gasteiger partial charge in [0.2, 0.25) is 0 Å². The molecule has 32 heavy (non-hydrogen) atoms. The van der Waals surface area contributed by atoms with Gasteiger partial charge in [-0.25, -0.2) is 0 Å². The highest BCUT2D eigenvalue weighted by Crippen LogP contribution is 2.17. The van der Waals surface area contributed by atoms with Crippen LogP contribution in [0.5, 0.6) is 0 Å². The van der Waals surface area contributed by atoms with E-state index in [1.165, 1.54) is 36.5 Å². The first-order valence-electron chi connectivity index (χ1n) is 11.0. The summed E-state index contributed by atoms with van der Waals surface area (Å²) in [6, 6.07) is 14.6. The van der Waals surface area contributed by atoms with Gasteiger partial charge in [-0.1, -0.05) is 98.4 Å². The number of aromatic nitrogens is 2. The highest BCUT2D eigenvalue weighted by Gasteiger charge is 1.97. The predicted octanol–water partition coefficient (Wildman–Crippen LogP) is 7.89. The molecule has 0 spiro atoms. The Hall–Kier alpha value is -1.81. The molecular formula is C26H41B3N2S. The van der Waals surface area contributed by atoms with Gasteiger partial charge in [-0.15, -0.1) is 11.3 Å². The van der Waals surface area contributed by atoms with Gasteiger partial charge in [0.15, 0.2) is 0 Å². The summed E-state index contributed by atoms with van der Waals surface area (Å²) in [6.07, 6.45) is 5.63. The van der Waals surface area contributed by atoms with Gasteiger partial charge in [-0.2, -0.15) is 0 Å². The third kappa shape index (κ3) is 18.9. The molecule has 6 heteroatoms. The van der Waals surface area contributed by atoms with E-state index < -0.39 is 0 Å². The van der Waals surface area contributed by atoms with Crippen LogP contribution in [0.2, 0.25) is 20.5 Å². The molecule has 0 unspecified atom stereocenters. The Morgan fingerprint density at radius 2 is 1.09 bits per heavy atom. The second kappa shape index (κ2) is 25.5. The van der Waals surface area contributed by atoms with E-state index in [0.717, 1.165) is 0 Å². The van der Waals surface area contributed by atoms with Crippen molar-refractivity contribution in [2.75, 3.05) is 0 Å². The fourth-order valence-corrected chi connectivity index (χ4v) is 2.70. The smallest absolute Gasteiger partial charge is 0.0794 e. The molecule has 0 aliphatic rings. The average molecular weight is 446 g/mol. The number of nitrogens with zero attached hydrogens (tertiary/aromatic N) is 2. The van der Waals surface area contributed by atoms with Crippen molar-refractivity contribution in [3.63, 3.8) is 0 Å². The molecule has 2 nitrogen and oxygen atoms in total. The molecular weight excluding hydrogens is 405 g/mol. The van der Waals surface area contributed by atoms with E-state index in [-0.39, 0.29) is 0 Å². The van der Waals surface area contributed by atoms with Crippen LogP contribution in [-0.4, -0.2) is 33.5 Å². The predicted molar refractivity (Wildman–Crippen MR) is 150 cm³/mol. The maximum absolute atomic E-state index is 4.50. The fraction of sp³-hybridized carbons (Fsp3) is 0.462. The SMILES string of the molecule is CC(C)c1ccccc1.CC(C)c1cccnc1.CC(C)c1cncs1.[B]C.[B]C.[B]C. The lowest BCUT2D eigenvalue weighted by Gasteiger charge is -2.01. The van der Waals surface area contributed by atoms with Crippen LogP contribution < -0.4 is 0 Å². The Kier molecular flexibility index (Phi) is 27.7. The minimum Gasteiger partial charge on any atom is -0.264 e. The van der Waals surface area contributed by atoms with Crippen LogP contribution in [0.4, 0.5) is 0 Å². The number of benzene rings is 1. The molecule has 170 valence electrons. The zero-order chi connectivity index (χ0) is 25.4. The Morgan fingerprint density at radius 3 is 1.34 bits per heavy atom. The van der Waals surface area contributed by atoms with Crippen LogP contribution >= 0.6 is 11.3 Å². The van der Waals surface area contributed by atoms with Crippen molar-refractivity contribution in [2.45, 2.75) is 79.8 Å². The van der Waals surface area contributed by atoms with Gasteiger partial charge in [0.1, 0.15) is 0 Å². The molecule has 0 aliphatic heterocycles. The van der Waals surface area contributed by atoms with Crippen LogP contribution in [-0.2, 0) is 0 Å². The van der Waals surface area contributed by atoms with Crippen LogP contribution in [0, 0.1) is 0 Å². The summed E-state index contributed by atoms with van der Waals surface area (Å²) < 4.78 is 0. The zero-order valence-electron chi connectivity index (χ0n) is 21.6. The van der Waals surface area contributed by atoms with Crippen molar-refractivity contribution < 1.29 is 0 Å². The standard InChI is InChI=1S/C9H12.C8H11N.C6H9NS.3CH3B/c1-8(2)9-6-4-3-5-7-9;1-7(2)8-4-3-5-9-6-8;1-5(2)6-3-7-4-8-6;3*1-2/h3-8H,1-2H3;3-7H,1-2H3;3-5H,1-2H3;3*1H3. The Morgan fingerprint density at radius 1 is 0.594 bits per heavy atom.